The van der Waals surface area contributed by atoms with Gasteiger partial charge in [0.05, 0.1) is 7.11 Å². The lowest BCUT2D eigenvalue weighted by atomic mass is 9.92. The zero-order valence-electron chi connectivity index (χ0n) is 13.1. The second-order valence-electron chi connectivity index (χ2n) is 5.72. The van der Waals surface area contributed by atoms with Crippen LogP contribution in [-0.4, -0.2) is 18.8 Å². The molecule has 2 aromatic rings. The molecule has 0 aliphatic heterocycles. The summed E-state index contributed by atoms with van der Waals surface area (Å²) in [5.41, 5.74) is 5.16. The molecule has 0 aromatic heterocycles. The molecule has 0 radical (unpaired) electrons. The molecule has 0 amide bonds. The molecular weight excluding hydrogens is 260 g/mol. The summed E-state index contributed by atoms with van der Waals surface area (Å²) < 4.78 is 5.17. The van der Waals surface area contributed by atoms with E-state index in [1.54, 1.807) is 7.11 Å². The Morgan fingerprint density at radius 1 is 0.905 bits per heavy atom. The van der Waals surface area contributed by atoms with Gasteiger partial charge in [-0.3, -0.25) is 0 Å². The highest BCUT2D eigenvalue weighted by molar-refractivity contribution is 5.31. The lowest BCUT2D eigenvalue weighted by Gasteiger charge is -2.15. The van der Waals surface area contributed by atoms with Gasteiger partial charge in [0.1, 0.15) is 5.75 Å². The molecule has 2 nitrogen and oxygen atoms in total. The van der Waals surface area contributed by atoms with Crippen molar-refractivity contribution in [3.8, 4) is 5.75 Å². The molecule has 1 unspecified atom stereocenters. The van der Waals surface area contributed by atoms with Crippen molar-refractivity contribution in [1.82, 2.24) is 0 Å². The largest absolute Gasteiger partial charge is 0.497 e. The number of benzene rings is 2. The Morgan fingerprint density at radius 3 is 2.10 bits per heavy atom. The summed E-state index contributed by atoms with van der Waals surface area (Å²) in [6.45, 7) is 4.47. The van der Waals surface area contributed by atoms with Gasteiger partial charge in [0, 0.05) is 6.61 Å². The smallest absolute Gasteiger partial charge is 0.118 e. The van der Waals surface area contributed by atoms with Crippen molar-refractivity contribution in [3.63, 3.8) is 0 Å². The molecule has 0 spiro atoms. The van der Waals surface area contributed by atoms with Crippen LogP contribution < -0.4 is 4.74 Å². The molecule has 2 aromatic carbocycles. The van der Waals surface area contributed by atoms with Crippen molar-refractivity contribution in [3.05, 3.63) is 64.7 Å². The van der Waals surface area contributed by atoms with E-state index in [0.29, 0.717) is 0 Å². The van der Waals surface area contributed by atoms with Gasteiger partial charge < -0.3 is 9.84 Å². The van der Waals surface area contributed by atoms with Gasteiger partial charge in [-0.2, -0.15) is 0 Å². The molecule has 0 fully saturated rings. The molecule has 2 heteroatoms. The van der Waals surface area contributed by atoms with Gasteiger partial charge in [-0.05, 0) is 67.0 Å². The molecule has 0 aliphatic carbocycles. The van der Waals surface area contributed by atoms with Crippen LogP contribution in [0.4, 0.5) is 0 Å². The average Bonchev–Trinajstić information content (AvgIpc) is 2.51. The van der Waals surface area contributed by atoms with E-state index in [9.17, 15) is 5.11 Å². The highest BCUT2D eigenvalue weighted by atomic mass is 16.5. The van der Waals surface area contributed by atoms with Gasteiger partial charge in [0.25, 0.3) is 0 Å². The molecule has 1 N–H and O–H groups in total. The standard InChI is InChI=1S/C19H24O2/c1-14-4-5-17(10-15(14)2)12-18(13-20)11-16-6-8-19(21-3)9-7-16/h4-10,18,20H,11-13H2,1-3H3. The van der Waals surface area contributed by atoms with Crippen LogP contribution in [0.3, 0.4) is 0 Å². The van der Waals surface area contributed by atoms with E-state index in [0.717, 1.165) is 18.6 Å². The maximum atomic E-state index is 9.65. The minimum absolute atomic E-state index is 0.207. The predicted octanol–water partition coefficient (Wildman–Crippen LogP) is 3.71. The first-order valence-electron chi connectivity index (χ1n) is 7.42. The predicted molar refractivity (Wildman–Crippen MR) is 86.9 cm³/mol. The minimum Gasteiger partial charge on any atom is -0.497 e. The first kappa shape index (κ1) is 15.6. The van der Waals surface area contributed by atoms with Gasteiger partial charge in [-0.15, -0.1) is 0 Å². The maximum Gasteiger partial charge on any atom is 0.118 e. The van der Waals surface area contributed by atoms with Crippen LogP contribution in [0.15, 0.2) is 42.5 Å². The second-order valence-corrected chi connectivity index (χ2v) is 5.72. The van der Waals surface area contributed by atoms with E-state index >= 15 is 0 Å². The minimum atomic E-state index is 0.207. The molecular formula is C19H24O2. The summed E-state index contributed by atoms with van der Waals surface area (Å²) in [5, 5.41) is 9.65. The summed E-state index contributed by atoms with van der Waals surface area (Å²) in [7, 11) is 1.67. The Balaban J connectivity index is 2.03. The van der Waals surface area contributed by atoms with E-state index < -0.39 is 0 Å². The number of rotatable bonds is 6. The highest BCUT2D eigenvalue weighted by Crippen LogP contribution is 2.19. The molecule has 0 saturated heterocycles. The van der Waals surface area contributed by atoms with E-state index in [4.69, 9.17) is 4.74 Å². The SMILES string of the molecule is COc1ccc(CC(CO)Cc2ccc(C)c(C)c2)cc1. The van der Waals surface area contributed by atoms with Crippen molar-refractivity contribution in [2.75, 3.05) is 13.7 Å². The lowest BCUT2D eigenvalue weighted by molar-refractivity contribution is 0.225. The highest BCUT2D eigenvalue weighted by Gasteiger charge is 2.10. The average molecular weight is 284 g/mol. The van der Waals surface area contributed by atoms with E-state index in [1.165, 1.54) is 22.3 Å². The third kappa shape index (κ3) is 4.33. The molecule has 1 atom stereocenters. The van der Waals surface area contributed by atoms with Crippen LogP contribution in [-0.2, 0) is 12.8 Å². The Morgan fingerprint density at radius 2 is 1.52 bits per heavy atom. The van der Waals surface area contributed by atoms with Crippen molar-refractivity contribution in [2.24, 2.45) is 5.92 Å². The van der Waals surface area contributed by atoms with E-state index in [2.05, 4.69) is 44.2 Å². The van der Waals surface area contributed by atoms with Crippen LogP contribution in [0.1, 0.15) is 22.3 Å². The van der Waals surface area contributed by atoms with Crippen LogP contribution in [0.2, 0.25) is 0 Å². The van der Waals surface area contributed by atoms with Crippen LogP contribution in [0, 0.1) is 19.8 Å². The van der Waals surface area contributed by atoms with Crippen LogP contribution in [0.5, 0.6) is 5.75 Å². The fourth-order valence-corrected chi connectivity index (χ4v) is 2.56. The summed E-state index contributed by atoms with van der Waals surface area (Å²) in [5.74, 6) is 1.12. The number of ether oxygens (including phenoxy) is 1. The number of aryl methyl sites for hydroxylation is 2. The van der Waals surface area contributed by atoms with Crippen molar-refractivity contribution in [1.29, 1.82) is 0 Å². The molecule has 0 heterocycles. The lowest BCUT2D eigenvalue weighted by Crippen LogP contribution is -2.13. The third-order valence-corrected chi connectivity index (χ3v) is 4.04. The van der Waals surface area contributed by atoms with E-state index in [-0.39, 0.29) is 12.5 Å². The molecule has 0 aliphatic rings. The first-order valence-corrected chi connectivity index (χ1v) is 7.42. The zero-order chi connectivity index (χ0) is 15.2. The van der Waals surface area contributed by atoms with Crippen molar-refractivity contribution < 1.29 is 9.84 Å². The zero-order valence-corrected chi connectivity index (χ0v) is 13.1. The Labute approximate surface area is 127 Å². The van der Waals surface area contributed by atoms with Crippen molar-refractivity contribution in [2.45, 2.75) is 26.7 Å². The maximum absolute atomic E-state index is 9.65. The summed E-state index contributed by atoms with van der Waals surface area (Å²) in [6, 6.07) is 14.6. The second kappa shape index (κ2) is 7.28. The van der Waals surface area contributed by atoms with Gasteiger partial charge in [0.2, 0.25) is 0 Å². The molecule has 2 rings (SSSR count). The Kier molecular flexibility index (Phi) is 5.40. The Bertz CT molecular complexity index is 573. The molecule has 0 bridgehead atoms. The summed E-state index contributed by atoms with van der Waals surface area (Å²) in [6.07, 6.45) is 1.79. The number of hydrogen-bond donors (Lipinski definition) is 1. The number of hydrogen-bond acceptors (Lipinski definition) is 2. The third-order valence-electron chi connectivity index (χ3n) is 4.04. The van der Waals surface area contributed by atoms with E-state index in [1.807, 2.05) is 12.1 Å². The monoisotopic (exact) mass is 284 g/mol. The number of methoxy groups -OCH3 is 1. The normalized spacial score (nSPS) is 12.2. The topological polar surface area (TPSA) is 29.5 Å². The molecule has 112 valence electrons. The van der Waals surface area contributed by atoms with Crippen LogP contribution in [0.25, 0.3) is 0 Å². The quantitative estimate of drug-likeness (QED) is 0.876. The van der Waals surface area contributed by atoms with Crippen LogP contribution >= 0.6 is 0 Å². The fraction of sp³-hybridized carbons (Fsp3) is 0.368. The first-order chi connectivity index (χ1) is 10.1. The number of aliphatic hydroxyl groups is 1. The van der Waals surface area contributed by atoms with Gasteiger partial charge in [0.15, 0.2) is 0 Å². The van der Waals surface area contributed by atoms with Gasteiger partial charge in [-0.1, -0.05) is 30.3 Å². The summed E-state index contributed by atoms with van der Waals surface area (Å²) in [4.78, 5) is 0. The van der Waals surface area contributed by atoms with Gasteiger partial charge >= 0.3 is 0 Å². The molecule has 0 saturated carbocycles. The van der Waals surface area contributed by atoms with Gasteiger partial charge in [-0.25, -0.2) is 0 Å². The Hall–Kier alpha value is -1.80. The number of aliphatic hydroxyl groups excluding tert-OH is 1. The molecule has 21 heavy (non-hydrogen) atoms. The van der Waals surface area contributed by atoms with Crippen molar-refractivity contribution >= 4 is 0 Å². The fourth-order valence-electron chi connectivity index (χ4n) is 2.56. The summed E-state index contributed by atoms with van der Waals surface area (Å²) >= 11 is 0.